The summed E-state index contributed by atoms with van der Waals surface area (Å²) in [4.78, 5) is 10.6. The Bertz CT molecular complexity index is 197. The molecule has 0 aliphatic heterocycles. The first-order valence-electron chi connectivity index (χ1n) is 4.33. The normalized spacial score (nSPS) is 29.7. The van der Waals surface area contributed by atoms with Crippen LogP contribution in [-0.2, 0) is 4.79 Å². The van der Waals surface area contributed by atoms with E-state index >= 15 is 0 Å². The summed E-state index contributed by atoms with van der Waals surface area (Å²) in [6, 6.07) is 0. The highest BCUT2D eigenvalue weighted by Crippen LogP contribution is 2.41. The molecule has 62 valence electrons. The summed E-state index contributed by atoms with van der Waals surface area (Å²) in [7, 11) is 0. The van der Waals surface area contributed by atoms with Crippen molar-refractivity contribution in [1.82, 2.24) is 0 Å². The van der Waals surface area contributed by atoms with Crippen LogP contribution in [0.25, 0.3) is 0 Å². The molecule has 0 heterocycles. The maximum atomic E-state index is 10.6. The van der Waals surface area contributed by atoms with Crippen molar-refractivity contribution in [2.45, 2.75) is 40.0 Å². The topological polar surface area (TPSA) is 17.1 Å². The third-order valence-electron chi connectivity index (χ3n) is 2.77. The average Bonchev–Trinajstić information content (AvgIpc) is 1.86. The van der Waals surface area contributed by atoms with Gasteiger partial charge in [0.2, 0.25) is 0 Å². The van der Waals surface area contributed by atoms with Crippen molar-refractivity contribution in [3.05, 3.63) is 5.57 Å². The Morgan fingerprint density at radius 2 is 2.18 bits per heavy atom. The van der Waals surface area contributed by atoms with Crippen LogP contribution in [0.4, 0.5) is 0 Å². The molecule has 0 spiro atoms. The molecule has 0 radical (unpaired) electrons. The molecule has 1 aliphatic carbocycles. The van der Waals surface area contributed by atoms with Crippen LogP contribution in [0.2, 0.25) is 0 Å². The molecule has 1 nitrogen and oxygen atoms in total. The number of carbonyl (C=O) groups excluding carboxylic acids is 1. The fourth-order valence-electron chi connectivity index (χ4n) is 2.03. The summed E-state index contributed by atoms with van der Waals surface area (Å²) in [5.74, 6) is 2.57. The number of hydrogen-bond donors (Lipinski definition) is 0. The molecular weight excluding hydrogens is 136 g/mol. The predicted octanol–water partition coefficient (Wildman–Crippen LogP) is 2.59. The number of allylic oxidation sites excluding steroid dienone is 1. The van der Waals surface area contributed by atoms with Gasteiger partial charge in [-0.2, -0.15) is 0 Å². The molecule has 0 aromatic heterocycles. The highest BCUT2D eigenvalue weighted by Gasteiger charge is 2.31. The highest BCUT2D eigenvalue weighted by atomic mass is 16.1. The molecule has 0 amide bonds. The van der Waals surface area contributed by atoms with Gasteiger partial charge in [-0.25, -0.2) is 4.79 Å². The minimum Gasteiger partial charge on any atom is -0.234 e. The molecule has 1 fully saturated rings. The van der Waals surface area contributed by atoms with Gasteiger partial charge in [0.15, 0.2) is 0 Å². The zero-order chi connectivity index (χ0) is 8.48. The van der Waals surface area contributed by atoms with E-state index in [9.17, 15) is 4.79 Å². The Labute approximate surface area is 68.5 Å². The molecule has 0 saturated heterocycles. The van der Waals surface area contributed by atoms with Crippen molar-refractivity contribution in [2.75, 3.05) is 0 Å². The molecule has 1 saturated carbocycles. The van der Waals surface area contributed by atoms with Crippen LogP contribution in [0, 0.1) is 11.3 Å². The lowest BCUT2D eigenvalue weighted by Gasteiger charge is -2.34. The molecular formula is C10H16O. The summed E-state index contributed by atoms with van der Waals surface area (Å²) < 4.78 is 0. The molecule has 0 bridgehead atoms. The first-order chi connectivity index (χ1) is 5.08. The van der Waals surface area contributed by atoms with E-state index in [-0.39, 0.29) is 5.41 Å². The lowest BCUT2D eigenvalue weighted by Crippen LogP contribution is -2.25. The Morgan fingerprint density at radius 1 is 1.55 bits per heavy atom. The number of hydrogen-bond acceptors (Lipinski definition) is 1. The lowest BCUT2D eigenvalue weighted by atomic mass is 9.69. The van der Waals surface area contributed by atoms with E-state index in [0.717, 1.165) is 18.4 Å². The van der Waals surface area contributed by atoms with Crippen LogP contribution in [0.3, 0.4) is 0 Å². The Hall–Kier alpha value is -0.550. The zero-order valence-electron chi connectivity index (χ0n) is 7.61. The Balaban J connectivity index is 2.90. The van der Waals surface area contributed by atoms with Gasteiger partial charge >= 0.3 is 0 Å². The van der Waals surface area contributed by atoms with E-state index in [2.05, 4.69) is 26.7 Å². The predicted molar refractivity (Wildman–Crippen MR) is 46.0 cm³/mol. The van der Waals surface area contributed by atoms with E-state index in [1.807, 2.05) is 0 Å². The molecule has 1 unspecified atom stereocenters. The second-order valence-electron chi connectivity index (χ2n) is 4.19. The van der Waals surface area contributed by atoms with Gasteiger partial charge in [0.25, 0.3) is 0 Å². The fraction of sp³-hybridized carbons (Fsp3) is 0.800. The zero-order valence-corrected chi connectivity index (χ0v) is 7.61. The van der Waals surface area contributed by atoms with Crippen molar-refractivity contribution in [2.24, 2.45) is 11.3 Å². The first kappa shape index (κ1) is 8.55. The van der Waals surface area contributed by atoms with Gasteiger partial charge in [-0.05, 0) is 24.2 Å². The van der Waals surface area contributed by atoms with Crippen molar-refractivity contribution in [3.8, 4) is 0 Å². The van der Waals surface area contributed by atoms with E-state index in [4.69, 9.17) is 0 Å². The SMILES string of the molecule is CC1CCCC(C)(C)C1=C=O. The van der Waals surface area contributed by atoms with E-state index in [1.54, 1.807) is 0 Å². The first-order valence-corrected chi connectivity index (χ1v) is 4.33. The fourth-order valence-corrected chi connectivity index (χ4v) is 2.03. The maximum Gasteiger partial charge on any atom is 0.124 e. The summed E-state index contributed by atoms with van der Waals surface area (Å²) in [6.07, 6.45) is 3.55. The molecule has 1 heteroatoms. The number of rotatable bonds is 0. The summed E-state index contributed by atoms with van der Waals surface area (Å²) in [5.41, 5.74) is 1.10. The van der Waals surface area contributed by atoms with Crippen LogP contribution in [0.1, 0.15) is 40.0 Å². The molecule has 1 rings (SSSR count). The largest absolute Gasteiger partial charge is 0.234 e. The highest BCUT2D eigenvalue weighted by molar-refractivity contribution is 5.56. The third-order valence-corrected chi connectivity index (χ3v) is 2.77. The van der Waals surface area contributed by atoms with Crippen molar-refractivity contribution < 1.29 is 4.79 Å². The van der Waals surface area contributed by atoms with Gasteiger partial charge in [0.05, 0.1) is 0 Å². The van der Waals surface area contributed by atoms with Gasteiger partial charge in [-0.1, -0.05) is 27.2 Å². The van der Waals surface area contributed by atoms with E-state index in [0.29, 0.717) is 5.92 Å². The van der Waals surface area contributed by atoms with Crippen molar-refractivity contribution in [1.29, 1.82) is 0 Å². The van der Waals surface area contributed by atoms with Crippen LogP contribution in [0.5, 0.6) is 0 Å². The van der Waals surface area contributed by atoms with Gasteiger partial charge in [-0.15, -0.1) is 0 Å². The van der Waals surface area contributed by atoms with Crippen molar-refractivity contribution in [3.63, 3.8) is 0 Å². The summed E-state index contributed by atoms with van der Waals surface area (Å²) in [6.45, 7) is 6.41. The molecule has 1 atom stereocenters. The van der Waals surface area contributed by atoms with Crippen molar-refractivity contribution >= 4 is 5.94 Å². The second-order valence-corrected chi connectivity index (χ2v) is 4.19. The third kappa shape index (κ3) is 1.54. The van der Waals surface area contributed by atoms with Crippen LogP contribution in [-0.4, -0.2) is 5.94 Å². The molecule has 0 aromatic carbocycles. The standard InChI is InChI=1S/C10H16O/c1-8-5-4-6-10(2,3)9(8)7-11/h8H,4-6H2,1-3H3. The monoisotopic (exact) mass is 152 g/mol. The molecule has 11 heavy (non-hydrogen) atoms. The van der Waals surface area contributed by atoms with Gasteiger partial charge < -0.3 is 0 Å². The minimum atomic E-state index is 0.111. The second kappa shape index (κ2) is 2.83. The van der Waals surface area contributed by atoms with Gasteiger partial charge in [0, 0.05) is 5.57 Å². The summed E-state index contributed by atoms with van der Waals surface area (Å²) in [5, 5.41) is 0. The average molecular weight is 152 g/mol. The van der Waals surface area contributed by atoms with Gasteiger partial charge in [-0.3, -0.25) is 0 Å². The maximum absolute atomic E-state index is 10.6. The minimum absolute atomic E-state index is 0.111. The van der Waals surface area contributed by atoms with E-state index in [1.165, 1.54) is 6.42 Å². The van der Waals surface area contributed by atoms with Crippen LogP contribution in [0.15, 0.2) is 5.57 Å². The van der Waals surface area contributed by atoms with E-state index < -0.39 is 0 Å². The summed E-state index contributed by atoms with van der Waals surface area (Å²) >= 11 is 0. The Morgan fingerprint density at radius 3 is 2.55 bits per heavy atom. The molecule has 0 aromatic rings. The lowest BCUT2D eigenvalue weighted by molar-refractivity contribution is 0.292. The smallest absolute Gasteiger partial charge is 0.124 e. The van der Waals surface area contributed by atoms with Crippen LogP contribution >= 0.6 is 0 Å². The quantitative estimate of drug-likeness (QED) is 0.487. The van der Waals surface area contributed by atoms with Gasteiger partial charge in [0.1, 0.15) is 5.94 Å². The molecule has 0 N–H and O–H groups in total. The van der Waals surface area contributed by atoms with Crippen LogP contribution < -0.4 is 0 Å². The molecule has 1 aliphatic rings. The Kier molecular flexibility index (Phi) is 2.20.